The van der Waals surface area contributed by atoms with Crippen LogP contribution in [0.4, 0.5) is 0 Å². The Morgan fingerprint density at radius 2 is 0.929 bits per heavy atom. The number of piperidine rings is 2. The molecule has 4 rings (SSSR count). The van der Waals surface area contributed by atoms with E-state index < -0.39 is 0 Å². The quantitative estimate of drug-likeness (QED) is 0.166. The highest BCUT2D eigenvalue weighted by Gasteiger charge is 2.41. The van der Waals surface area contributed by atoms with Gasteiger partial charge in [-0.1, -0.05) is 73.5 Å². The zero-order valence-electron chi connectivity index (χ0n) is 27.8. The third-order valence-corrected chi connectivity index (χ3v) is 9.77. The standard InChI is InChI=1S/C38H62N4/c1-35(2)27-33(29-37(5,41-35)23-21-31-17-11-9-12-18-31)39-25-15-7-8-16-26-40-34-28-36(3,4)42-38(6,30-34)24-22-32-19-13-10-14-20-32/h9-14,17-20,33-34,39-42H,7-8,15-16,21-30H2,1-6H3. The van der Waals surface area contributed by atoms with Gasteiger partial charge in [0, 0.05) is 34.2 Å². The Morgan fingerprint density at radius 1 is 0.548 bits per heavy atom. The third kappa shape index (κ3) is 11.1. The molecule has 2 aromatic rings. The van der Waals surface area contributed by atoms with Crippen molar-refractivity contribution in [3.63, 3.8) is 0 Å². The molecule has 2 fully saturated rings. The molecule has 4 nitrogen and oxygen atoms in total. The Kier molecular flexibility index (Phi) is 11.7. The summed E-state index contributed by atoms with van der Waals surface area (Å²) in [7, 11) is 0. The van der Waals surface area contributed by atoms with Gasteiger partial charge < -0.3 is 21.3 Å². The van der Waals surface area contributed by atoms with E-state index in [1.807, 2.05) is 0 Å². The summed E-state index contributed by atoms with van der Waals surface area (Å²) < 4.78 is 0. The summed E-state index contributed by atoms with van der Waals surface area (Å²) >= 11 is 0. The first kappa shape index (κ1) is 33.2. The molecule has 4 heteroatoms. The molecular formula is C38H62N4. The summed E-state index contributed by atoms with van der Waals surface area (Å²) in [4.78, 5) is 0. The van der Waals surface area contributed by atoms with Crippen LogP contribution >= 0.6 is 0 Å². The summed E-state index contributed by atoms with van der Waals surface area (Å²) in [5, 5.41) is 15.9. The van der Waals surface area contributed by atoms with Crippen LogP contribution in [0.2, 0.25) is 0 Å². The largest absolute Gasteiger partial charge is 0.314 e. The van der Waals surface area contributed by atoms with Gasteiger partial charge in [-0.2, -0.15) is 0 Å². The summed E-state index contributed by atoms with van der Waals surface area (Å²) in [5.74, 6) is 0. The maximum Gasteiger partial charge on any atom is 0.0176 e. The molecule has 0 radical (unpaired) electrons. The number of hydrogen-bond donors (Lipinski definition) is 4. The lowest BCUT2D eigenvalue weighted by Crippen LogP contribution is -2.63. The molecule has 4 unspecified atom stereocenters. The van der Waals surface area contributed by atoms with Crippen LogP contribution in [0.3, 0.4) is 0 Å². The zero-order chi connectivity index (χ0) is 30.1. The molecule has 2 saturated heterocycles. The van der Waals surface area contributed by atoms with Gasteiger partial charge in [0.15, 0.2) is 0 Å². The Labute approximate surface area is 258 Å². The lowest BCUT2D eigenvalue weighted by Gasteiger charge is -2.49. The van der Waals surface area contributed by atoms with E-state index in [0.29, 0.717) is 12.1 Å². The van der Waals surface area contributed by atoms with Crippen LogP contribution in [0.15, 0.2) is 60.7 Å². The number of rotatable bonds is 15. The Hall–Kier alpha value is -1.72. The minimum Gasteiger partial charge on any atom is -0.314 e. The van der Waals surface area contributed by atoms with E-state index in [1.165, 1.54) is 75.3 Å². The number of benzene rings is 2. The first-order valence-corrected chi connectivity index (χ1v) is 17.1. The molecule has 234 valence electrons. The molecule has 0 amide bonds. The fraction of sp³-hybridized carbons (Fsp3) is 0.684. The van der Waals surface area contributed by atoms with Gasteiger partial charge in [0.1, 0.15) is 0 Å². The molecule has 0 aromatic heterocycles. The monoisotopic (exact) mass is 574 g/mol. The van der Waals surface area contributed by atoms with Gasteiger partial charge in [0.05, 0.1) is 0 Å². The molecule has 2 aromatic carbocycles. The van der Waals surface area contributed by atoms with Crippen LogP contribution in [0.1, 0.15) is 117 Å². The van der Waals surface area contributed by atoms with Crippen molar-refractivity contribution in [2.45, 2.75) is 153 Å². The van der Waals surface area contributed by atoms with E-state index in [1.54, 1.807) is 0 Å². The summed E-state index contributed by atoms with van der Waals surface area (Å²) in [6.45, 7) is 16.7. The van der Waals surface area contributed by atoms with Crippen LogP contribution in [0, 0.1) is 0 Å². The van der Waals surface area contributed by atoms with Crippen molar-refractivity contribution in [1.29, 1.82) is 0 Å². The normalized spacial score (nSPS) is 28.9. The van der Waals surface area contributed by atoms with Gasteiger partial charge in [-0.05, 0) is 130 Å². The average molecular weight is 575 g/mol. The minimum absolute atomic E-state index is 0.174. The molecular weight excluding hydrogens is 512 g/mol. The smallest absolute Gasteiger partial charge is 0.0176 e. The predicted octanol–water partition coefficient (Wildman–Crippen LogP) is 7.57. The molecule has 2 aliphatic rings. The molecule has 2 heterocycles. The maximum atomic E-state index is 3.99. The lowest BCUT2D eigenvalue weighted by atomic mass is 9.76. The Balaban J connectivity index is 1.11. The average Bonchev–Trinajstić information content (AvgIpc) is 2.91. The summed E-state index contributed by atoms with van der Waals surface area (Å²) in [6, 6.07) is 23.1. The van der Waals surface area contributed by atoms with Crippen molar-refractivity contribution in [3.05, 3.63) is 71.8 Å². The van der Waals surface area contributed by atoms with Crippen molar-refractivity contribution in [3.8, 4) is 0 Å². The second-order valence-corrected chi connectivity index (χ2v) is 15.6. The highest BCUT2D eigenvalue weighted by molar-refractivity contribution is 5.17. The van der Waals surface area contributed by atoms with Gasteiger partial charge >= 0.3 is 0 Å². The van der Waals surface area contributed by atoms with Crippen molar-refractivity contribution < 1.29 is 0 Å². The van der Waals surface area contributed by atoms with E-state index in [4.69, 9.17) is 0 Å². The van der Waals surface area contributed by atoms with Gasteiger partial charge in [0.25, 0.3) is 0 Å². The molecule has 0 saturated carbocycles. The summed E-state index contributed by atoms with van der Waals surface area (Å²) in [5.41, 5.74) is 3.61. The van der Waals surface area contributed by atoms with E-state index in [0.717, 1.165) is 25.9 Å². The zero-order valence-corrected chi connectivity index (χ0v) is 27.8. The molecule has 2 aliphatic heterocycles. The van der Waals surface area contributed by atoms with Crippen LogP contribution in [0.5, 0.6) is 0 Å². The van der Waals surface area contributed by atoms with Crippen molar-refractivity contribution >= 4 is 0 Å². The molecule has 0 bridgehead atoms. The molecule has 0 aliphatic carbocycles. The fourth-order valence-electron chi connectivity index (χ4n) is 8.27. The van der Waals surface area contributed by atoms with Gasteiger partial charge in [-0.25, -0.2) is 0 Å². The Morgan fingerprint density at radius 3 is 1.31 bits per heavy atom. The first-order valence-electron chi connectivity index (χ1n) is 17.1. The number of hydrogen-bond acceptors (Lipinski definition) is 4. The minimum atomic E-state index is 0.174. The molecule has 42 heavy (non-hydrogen) atoms. The molecule has 4 atom stereocenters. The highest BCUT2D eigenvalue weighted by atomic mass is 15.1. The van der Waals surface area contributed by atoms with Crippen molar-refractivity contribution in [2.75, 3.05) is 13.1 Å². The van der Waals surface area contributed by atoms with E-state index in [2.05, 4.69) is 123 Å². The third-order valence-electron chi connectivity index (χ3n) is 9.77. The number of aryl methyl sites for hydroxylation is 2. The topological polar surface area (TPSA) is 48.1 Å². The van der Waals surface area contributed by atoms with Crippen LogP contribution in [-0.2, 0) is 12.8 Å². The van der Waals surface area contributed by atoms with Crippen molar-refractivity contribution in [2.24, 2.45) is 0 Å². The van der Waals surface area contributed by atoms with Gasteiger partial charge in [-0.3, -0.25) is 0 Å². The van der Waals surface area contributed by atoms with Crippen LogP contribution in [0.25, 0.3) is 0 Å². The molecule has 4 N–H and O–H groups in total. The maximum absolute atomic E-state index is 3.99. The van der Waals surface area contributed by atoms with E-state index in [9.17, 15) is 0 Å². The molecule has 0 spiro atoms. The number of nitrogens with one attached hydrogen (secondary N) is 4. The van der Waals surface area contributed by atoms with E-state index in [-0.39, 0.29) is 22.2 Å². The highest BCUT2D eigenvalue weighted by Crippen LogP contribution is 2.33. The van der Waals surface area contributed by atoms with E-state index >= 15 is 0 Å². The summed E-state index contributed by atoms with van der Waals surface area (Å²) in [6.07, 6.45) is 14.7. The second-order valence-electron chi connectivity index (χ2n) is 15.6. The lowest BCUT2D eigenvalue weighted by molar-refractivity contribution is 0.125. The predicted molar refractivity (Wildman–Crippen MR) is 181 cm³/mol. The van der Waals surface area contributed by atoms with Crippen LogP contribution < -0.4 is 21.3 Å². The first-order chi connectivity index (χ1) is 19.9. The van der Waals surface area contributed by atoms with Gasteiger partial charge in [-0.15, -0.1) is 0 Å². The van der Waals surface area contributed by atoms with Gasteiger partial charge in [0.2, 0.25) is 0 Å². The number of unbranched alkanes of at least 4 members (excludes halogenated alkanes) is 3. The van der Waals surface area contributed by atoms with Crippen molar-refractivity contribution in [1.82, 2.24) is 21.3 Å². The van der Waals surface area contributed by atoms with Crippen LogP contribution in [-0.4, -0.2) is 47.3 Å². The Bertz CT molecular complexity index is 966. The SMILES string of the molecule is CC1(C)CC(NCCCCCCNC2CC(C)(C)NC(C)(CCc3ccccc3)C2)CC(C)(CCc2ccccc2)N1. The fourth-order valence-corrected chi connectivity index (χ4v) is 8.27. The second kappa shape index (κ2) is 14.8.